The van der Waals surface area contributed by atoms with Gasteiger partial charge in [0.15, 0.2) is 10.8 Å². The molecule has 0 atom stereocenters. The summed E-state index contributed by atoms with van der Waals surface area (Å²) in [7, 11) is 0. The van der Waals surface area contributed by atoms with E-state index in [1.165, 1.54) is 0 Å². The van der Waals surface area contributed by atoms with E-state index in [1.807, 2.05) is 32.0 Å². The van der Waals surface area contributed by atoms with Crippen LogP contribution in [0.25, 0.3) is 0 Å². The van der Waals surface area contributed by atoms with Crippen LogP contribution in [0.15, 0.2) is 18.2 Å². The summed E-state index contributed by atoms with van der Waals surface area (Å²) in [4.78, 5) is 15.8. The SMILES string of the molecule is Cc1cc(C)cc(OCCOC(=O)c2nc(Cl)c(Cl)c(N)c2Cl)c1. The maximum atomic E-state index is 12.0. The summed E-state index contributed by atoms with van der Waals surface area (Å²) in [6.07, 6.45) is 0. The van der Waals surface area contributed by atoms with Crippen molar-refractivity contribution in [2.75, 3.05) is 18.9 Å². The second-order valence-corrected chi connectivity index (χ2v) is 6.21. The molecule has 0 fully saturated rings. The van der Waals surface area contributed by atoms with Gasteiger partial charge in [-0.1, -0.05) is 40.9 Å². The molecular formula is C16H15Cl3N2O3. The van der Waals surface area contributed by atoms with Gasteiger partial charge in [-0.3, -0.25) is 0 Å². The van der Waals surface area contributed by atoms with E-state index < -0.39 is 5.97 Å². The first kappa shape index (κ1) is 18.6. The highest BCUT2D eigenvalue weighted by atomic mass is 35.5. The minimum absolute atomic E-state index is 0.00336. The molecule has 0 unspecified atom stereocenters. The number of nitrogens with zero attached hydrogens (tertiary/aromatic N) is 1. The summed E-state index contributed by atoms with van der Waals surface area (Å²) in [5, 5.41) is -0.210. The number of anilines is 1. The smallest absolute Gasteiger partial charge is 0.358 e. The predicted molar refractivity (Wildman–Crippen MR) is 95.4 cm³/mol. The summed E-state index contributed by atoms with van der Waals surface area (Å²) >= 11 is 17.5. The number of hydrogen-bond acceptors (Lipinski definition) is 5. The number of carbonyl (C=O) groups excluding carboxylic acids is 1. The number of rotatable bonds is 5. The molecule has 1 aromatic carbocycles. The maximum absolute atomic E-state index is 12.0. The van der Waals surface area contributed by atoms with Gasteiger partial charge >= 0.3 is 5.97 Å². The largest absolute Gasteiger partial charge is 0.490 e. The Kier molecular flexibility index (Phi) is 6.15. The fourth-order valence-electron chi connectivity index (χ4n) is 2.05. The van der Waals surface area contributed by atoms with Crippen molar-refractivity contribution in [3.05, 3.63) is 50.2 Å². The van der Waals surface area contributed by atoms with Crippen LogP contribution in [0, 0.1) is 13.8 Å². The van der Waals surface area contributed by atoms with Crippen LogP contribution in [-0.4, -0.2) is 24.2 Å². The summed E-state index contributed by atoms with van der Waals surface area (Å²) < 4.78 is 10.6. The molecule has 0 aliphatic heterocycles. The van der Waals surface area contributed by atoms with E-state index in [0.717, 1.165) is 11.1 Å². The molecule has 0 radical (unpaired) electrons. The molecule has 2 rings (SSSR count). The number of halogens is 3. The molecule has 0 amide bonds. The van der Waals surface area contributed by atoms with Crippen LogP contribution >= 0.6 is 34.8 Å². The van der Waals surface area contributed by atoms with E-state index in [9.17, 15) is 4.79 Å². The lowest BCUT2D eigenvalue weighted by Crippen LogP contribution is -2.15. The van der Waals surface area contributed by atoms with Gasteiger partial charge in [-0.25, -0.2) is 9.78 Å². The highest BCUT2D eigenvalue weighted by Crippen LogP contribution is 2.34. The number of benzene rings is 1. The molecule has 8 heteroatoms. The highest BCUT2D eigenvalue weighted by Gasteiger charge is 2.20. The number of carbonyl (C=O) groups is 1. The van der Waals surface area contributed by atoms with Crippen molar-refractivity contribution in [1.82, 2.24) is 4.98 Å². The number of esters is 1. The van der Waals surface area contributed by atoms with Crippen molar-refractivity contribution in [2.24, 2.45) is 0 Å². The number of aromatic nitrogens is 1. The van der Waals surface area contributed by atoms with Gasteiger partial charge in [0, 0.05) is 0 Å². The number of ether oxygens (including phenoxy) is 2. The Labute approximate surface area is 154 Å². The third-order valence-electron chi connectivity index (χ3n) is 3.05. The third kappa shape index (κ3) is 4.44. The first-order chi connectivity index (χ1) is 11.3. The van der Waals surface area contributed by atoms with E-state index in [4.69, 9.17) is 50.0 Å². The fraction of sp³-hybridized carbons (Fsp3) is 0.250. The van der Waals surface area contributed by atoms with Crippen molar-refractivity contribution in [2.45, 2.75) is 13.8 Å². The Morgan fingerprint density at radius 2 is 1.71 bits per heavy atom. The zero-order valence-electron chi connectivity index (χ0n) is 13.0. The zero-order valence-corrected chi connectivity index (χ0v) is 15.3. The Balaban J connectivity index is 1.94. The van der Waals surface area contributed by atoms with Gasteiger partial charge in [0.2, 0.25) is 0 Å². The van der Waals surface area contributed by atoms with Crippen LogP contribution in [0.2, 0.25) is 15.2 Å². The second kappa shape index (κ2) is 7.92. The van der Waals surface area contributed by atoms with E-state index in [-0.39, 0.29) is 39.8 Å². The number of hydrogen-bond donors (Lipinski definition) is 1. The molecule has 0 saturated heterocycles. The minimum Gasteiger partial charge on any atom is -0.490 e. The number of nitrogens with two attached hydrogens (primary N) is 1. The van der Waals surface area contributed by atoms with E-state index in [2.05, 4.69) is 4.98 Å². The van der Waals surface area contributed by atoms with Gasteiger partial charge in [-0.05, 0) is 37.1 Å². The van der Waals surface area contributed by atoms with E-state index >= 15 is 0 Å². The van der Waals surface area contributed by atoms with Gasteiger partial charge in [-0.15, -0.1) is 0 Å². The maximum Gasteiger partial charge on any atom is 0.358 e. The lowest BCUT2D eigenvalue weighted by atomic mass is 10.1. The summed E-state index contributed by atoms with van der Waals surface area (Å²) in [6.45, 7) is 4.15. The van der Waals surface area contributed by atoms with Crippen LogP contribution in [0.4, 0.5) is 5.69 Å². The second-order valence-electron chi connectivity index (χ2n) is 5.10. The molecular weight excluding hydrogens is 375 g/mol. The average Bonchev–Trinajstić information content (AvgIpc) is 2.52. The molecule has 0 aliphatic carbocycles. The standard InChI is InChI=1S/C16H15Cl3N2O3/c1-8-5-9(2)7-10(6-8)23-3-4-24-16(22)14-11(17)13(20)12(18)15(19)21-14/h5-7H,3-4H2,1-2H3,(H2,20,21). The van der Waals surface area contributed by atoms with E-state index in [0.29, 0.717) is 5.75 Å². The Morgan fingerprint density at radius 3 is 2.33 bits per heavy atom. The Bertz CT molecular complexity index is 761. The Hall–Kier alpha value is -1.69. The first-order valence-corrected chi connectivity index (χ1v) is 8.11. The molecule has 1 aromatic heterocycles. The van der Waals surface area contributed by atoms with Gasteiger partial charge in [0.05, 0.1) is 10.7 Å². The molecule has 5 nitrogen and oxygen atoms in total. The summed E-state index contributed by atoms with van der Waals surface area (Å²) in [5.74, 6) is -0.0484. The quantitative estimate of drug-likeness (QED) is 0.464. The van der Waals surface area contributed by atoms with Gasteiger partial charge < -0.3 is 15.2 Å². The van der Waals surface area contributed by atoms with Gasteiger partial charge in [-0.2, -0.15) is 0 Å². The molecule has 0 spiro atoms. The van der Waals surface area contributed by atoms with Crippen molar-refractivity contribution >= 4 is 46.5 Å². The highest BCUT2D eigenvalue weighted by molar-refractivity contribution is 6.46. The normalized spacial score (nSPS) is 10.5. The van der Waals surface area contributed by atoms with Crippen molar-refractivity contribution in [1.29, 1.82) is 0 Å². The fourth-order valence-corrected chi connectivity index (χ4v) is 2.63. The topological polar surface area (TPSA) is 74.4 Å². The summed E-state index contributed by atoms with van der Waals surface area (Å²) in [6, 6.07) is 5.83. The third-order valence-corrected chi connectivity index (χ3v) is 4.18. The Morgan fingerprint density at radius 1 is 1.08 bits per heavy atom. The van der Waals surface area contributed by atoms with Crippen LogP contribution < -0.4 is 10.5 Å². The molecule has 0 aliphatic rings. The lowest BCUT2D eigenvalue weighted by Gasteiger charge is -2.10. The van der Waals surface area contributed by atoms with Crippen LogP contribution in [0.3, 0.4) is 0 Å². The molecule has 0 saturated carbocycles. The lowest BCUT2D eigenvalue weighted by molar-refractivity contribution is 0.0444. The van der Waals surface area contributed by atoms with Crippen LogP contribution in [-0.2, 0) is 4.74 Å². The zero-order chi connectivity index (χ0) is 17.9. The van der Waals surface area contributed by atoms with Gasteiger partial charge in [0.25, 0.3) is 0 Å². The summed E-state index contributed by atoms with van der Waals surface area (Å²) in [5.41, 5.74) is 7.63. The van der Waals surface area contributed by atoms with Crippen molar-refractivity contribution in [3.63, 3.8) is 0 Å². The van der Waals surface area contributed by atoms with Crippen molar-refractivity contribution in [3.8, 4) is 5.75 Å². The molecule has 0 bridgehead atoms. The monoisotopic (exact) mass is 388 g/mol. The van der Waals surface area contributed by atoms with Crippen LogP contribution in [0.5, 0.6) is 5.75 Å². The van der Waals surface area contributed by atoms with Crippen LogP contribution in [0.1, 0.15) is 21.6 Å². The van der Waals surface area contributed by atoms with E-state index in [1.54, 1.807) is 0 Å². The van der Waals surface area contributed by atoms with Gasteiger partial charge in [0.1, 0.15) is 24.0 Å². The molecule has 24 heavy (non-hydrogen) atoms. The first-order valence-electron chi connectivity index (χ1n) is 6.97. The molecule has 2 N–H and O–H groups in total. The number of nitrogen functional groups attached to an aromatic ring is 1. The molecule has 1 heterocycles. The molecule has 2 aromatic rings. The minimum atomic E-state index is -0.755. The predicted octanol–water partition coefficient (Wildman–Crippen LogP) is 4.48. The average molecular weight is 390 g/mol. The van der Waals surface area contributed by atoms with Crippen molar-refractivity contribution < 1.29 is 14.3 Å². The molecule has 128 valence electrons. The number of pyridine rings is 1. The number of aryl methyl sites for hydroxylation is 2.